The Kier molecular flexibility index (Phi) is 6.04. The minimum absolute atomic E-state index is 0.254. The molecule has 0 amide bonds. The van der Waals surface area contributed by atoms with Crippen LogP contribution in [0.2, 0.25) is 0 Å². The van der Waals surface area contributed by atoms with E-state index in [-0.39, 0.29) is 6.10 Å². The molecule has 0 aromatic carbocycles. The molecule has 2 N–H and O–H groups in total. The molecule has 2 heterocycles. The Morgan fingerprint density at radius 3 is 2.67 bits per heavy atom. The number of ether oxygens (including phenoxy) is 1. The van der Waals surface area contributed by atoms with Crippen LogP contribution in [0, 0.1) is 0 Å². The highest BCUT2D eigenvalue weighted by Gasteiger charge is 2.23. The van der Waals surface area contributed by atoms with Gasteiger partial charge in [0.1, 0.15) is 5.82 Å². The molecule has 1 atom stereocenters. The van der Waals surface area contributed by atoms with Crippen LogP contribution in [0.4, 0.5) is 0 Å². The topological polar surface area (TPSA) is 69.2 Å². The number of hydrogen-bond donors (Lipinski definition) is 1. The van der Waals surface area contributed by atoms with E-state index in [0.29, 0.717) is 18.6 Å². The molecule has 0 aliphatic carbocycles. The van der Waals surface area contributed by atoms with Gasteiger partial charge in [0, 0.05) is 30.9 Å². The Labute approximate surface area is 131 Å². The molecule has 7 heteroatoms. The van der Waals surface area contributed by atoms with Gasteiger partial charge in [-0.25, -0.2) is 0 Å². The molecule has 21 heavy (non-hydrogen) atoms. The molecule has 6 nitrogen and oxygen atoms in total. The normalized spacial score (nSPS) is 20.6. The minimum Gasteiger partial charge on any atom is -0.375 e. The van der Waals surface area contributed by atoms with E-state index in [2.05, 4.69) is 47.4 Å². The molecule has 1 aromatic heterocycles. The van der Waals surface area contributed by atoms with E-state index in [4.69, 9.17) is 10.5 Å². The maximum absolute atomic E-state index is 5.87. The van der Waals surface area contributed by atoms with Crippen LogP contribution in [-0.2, 0) is 11.3 Å². The van der Waals surface area contributed by atoms with Crippen LogP contribution in [0.1, 0.15) is 39.6 Å². The lowest BCUT2D eigenvalue weighted by Crippen LogP contribution is -2.46. The number of rotatable bonds is 6. The molecule has 1 unspecified atom stereocenters. The summed E-state index contributed by atoms with van der Waals surface area (Å²) in [5.74, 6) is 1.75. The molecule has 120 valence electrons. The van der Waals surface area contributed by atoms with E-state index in [1.807, 2.05) is 0 Å². The monoisotopic (exact) mass is 313 g/mol. The SMILES string of the molecule is CC(C)N1CCOC(CSc2nnc(CN)n2C(C)C)C1. The summed E-state index contributed by atoms with van der Waals surface area (Å²) < 4.78 is 7.99. The van der Waals surface area contributed by atoms with E-state index in [1.165, 1.54) is 0 Å². The van der Waals surface area contributed by atoms with Crippen LogP contribution in [0.25, 0.3) is 0 Å². The van der Waals surface area contributed by atoms with Gasteiger partial charge in [0.25, 0.3) is 0 Å². The first-order chi connectivity index (χ1) is 10.0. The van der Waals surface area contributed by atoms with Gasteiger partial charge in [0.05, 0.1) is 19.3 Å². The zero-order chi connectivity index (χ0) is 15.4. The Morgan fingerprint density at radius 1 is 1.29 bits per heavy atom. The third-order valence-corrected chi connectivity index (χ3v) is 4.81. The van der Waals surface area contributed by atoms with Crippen LogP contribution >= 0.6 is 11.8 Å². The third kappa shape index (κ3) is 4.18. The second kappa shape index (κ2) is 7.58. The lowest BCUT2D eigenvalue weighted by atomic mass is 10.2. The van der Waals surface area contributed by atoms with Crippen molar-refractivity contribution in [2.24, 2.45) is 5.73 Å². The first kappa shape index (κ1) is 16.7. The zero-order valence-electron chi connectivity index (χ0n) is 13.5. The van der Waals surface area contributed by atoms with Crippen LogP contribution in [0.15, 0.2) is 5.16 Å². The summed E-state index contributed by atoms with van der Waals surface area (Å²) in [7, 11) is 0. The van der Waals surface area contributed by atoms with Crippen molar-refractivity contribution in [3.8, 4) is 0 Å². The smallest absolute Gasteiger partial charge is 0.191 e. The third-order valence-electron chi connectivity index (χ3n) is 3.73. The second-order valence-electron chi connectivity index (χ2n) is 5.96. The first-order valence-corrected chi connectivity index (χ1v) is 8.63. The van der Waals surface area contributed by atoms with Crippen molar-refractivity contribution in [3.63, 3.8) is 0 Å². The lowest BCUT2D eigenvalue weighted by Gasteiger charge is -2.35. The molecule has 0 spiro atoms. The molecular weight excluding hydrogens is 286 g/mol. The van der Waals surface area contributed by atoms with Crippen molar-refractivity contribution in [2.75, 3.05) is 25.4 Å². The highest BCUT2D eigenvalue weighted by atomic mass is 32.2. The molecule has 0 radical (unpaired) electrons. The van der Waals surface area contributed by atoms with E-state index in [1.54, 1.807) is 11.8 Å². The standard InChI is InChI=1S/C14H27N5OS/c1-10(2)18-5-6-20-12(8-18)9-21-14-17-16-13(7-15)19(14)11(3)4/h10-12H,5-9,15H2,1-4H3. The lowest BCUT2D eigenvalue weighted by molar-refractivity contribution is -0.0265. The molecule has 1 aromatic rings. The van der Waals surface area contributed by atoms with Crippen molar-refractivity contribution in [1.82, 2.24) is 19.7 Å². The highest BCUT2D eigenvalue weighted by molar-refractivity contribution is 7.99. The van der Waals surface area contributed by atoms with Crippen molar-refractivity contribution >= 4 is 11.8 Å². The Bertz CT molecular complexity index is 449. The van der Waals surface area contributed by atoms with Gasteiger partial charge in [0.2, 0.25) is 0 Å². The number of morpholine rings is 1. The van der Waals surface area contributed by atoms with Crippen molar-refractivity contribution in [1.29, 1.82) is 0 Å². The Hall–Kier alpha value is -0.630. The fourth-order valence-corrected chi connectivity index (χ4v) is 3.63. The average molecular weight is 313 g/mol. The maximum atomic E-state index is 5.87. The van der Waals surface area contributed by atoms with Gasteiger partial charge in [-0.1, -0.05) is 11.8 Å². The predicted octanol–water partition coefficient (Wildman–Crippen LogP) is 1.52. The van der Waals surface area contributed by atoms with Crippen LogP contribution in [-0.4, -0.2) is 57.3 Å². The van der Waals surface area contributed by atoms with Gasteiger partial charge in [-0.15, -0.1) is 10.2 Å². The van der Waals surface area contributed by atoms with Gasteiger partial charge in [-0.2, -0.15) is 0 Å². The van der Waals surface area contributed by atoms with Crippen LogP contribution in [0.5, 0.6) is 0 Å². The van der Waals surface area contributed by atoms with Gasteiger partial charge in [-0.3, -0.25) is 4.90 Å². The molecule has 1 saturated heterocycles. The van der Waals surface area contributed by atoms with Crippen LogP contribution < -0.4 is 5.73 Å². The van der Waals surface area contributed by atoms with Crippen molar-refractivity contribution in [3.05, 3.63) is 5.82 Å². The fourth-order valence-electron chi connectivity index (χ4n) is 2.54. The summed E-state index contributed by atoms with van der Waals surface area (Å²) >= 11 is 1.71. The molecule has 2 rings (SSSR count). The summed E-state index contributed by atoms with van der Waals surface area (Å²) in [4.78, 5) is 2.47. The summed E-state index contributed by atoms with van der Waals surface area (Å²) in [5, 5.41) is 9.39. The number of thioether (sulfide) groups is 1. The first-order valence-electron chi connectivity index (χ1n) is 7.65. The molecule has 0 bridgehead atoms. The quantitative estimate of drug-likeness (QED) is 0.803. The summed E-state index contributed by atoms with van der Waals surface area (Å²) in [6, 6.07) is 0.894. The number of nitrogens with zero attached hydrogens (tertiary/aromatic N) is 4. The van der Waals surface area contributed by atoms with Gasteiger partial charge < -0.3 is 15.0 Å². The van der Waals surface area contributed by atoms with Crippen LogP contribution in [0.3, 0.4) is 0 Å². The second-order valence-corrected chi connectivity index (χ2v) is 6.95. The van der Waals surface area contributed by atoms with E-state index < -0.39 is 0 Å². The Balaban J connectivity index is 1.95. The summed E-state index contributed by atoms with van der Waals surface area (Å²) in [6.45, 7) is 12.0. The van der Waals surface area contributed by atoms with E-state index >= 15 is 0 Å². The number of hydrogen-bond acceptors (Lipinski definition) is 6. The zero-order valence-corrected chi connectivity index (χ0v) is 14.3. The Morgan fingerprint density at radius 2 is 2.05 bits per heavy atom. The molecule has 1 fully saturated rings. The summed E-state index contributed by atoms with van der Waals surface area (Å²) in [5.41, 5.74) is 5.73. The molecular formula is C14H27N5OS. The number of nitrogens with two attached hydrogens (primary N) is 1. The molecule has 1 aliphatic heterocycles. The van der Waals surface area contributed by atoms with Gasteiger partial charge in [-0.05, 0) is 27.7 Å². The fraction of sp³-hybridized carbons (Fsp3) is 0.857. The molecule has 1 aliphatic rings. The van der Waals surface area contributed by atoms with E-state index in [9.17, 15) is 0 Å². The predicted molar refractivity (Wildman–Crippen MR) is 85.5 cm³/mol. The van der Waals surface area contributed by atoms with Gasteiger partial charge >= 0.3 is 0 Å². The molecule has 0 saturated carbocycles. The average Bonchev–Trinajstić information content (AvgIpc) is 2.88. The van der Waals surface area contributed by atoms with Gasteiger partial charge in [0.15, 0.2) is 5.16 Å². The summed E-state index contributed by atoms with van der Waals surface area (Å²) in [6.07, 6.45) is 0.254. The van der Waals surface area contributed by atoms with E-state index in [0.717, 1.165) is 36.4 Å². The maximum Gasteiger partial charge on any atom is 0.191 e. The largest absolute Gasteiger partial charge is 0.375 e. The highest BCUT2D eigenvalue weighted by Crippen LogP contribution is 2.23. The number of aromatic nitrogens is 3. The minimum atomic E-state index is 0.254. The van der Waals surface area contributed by atoms with Crippen molar-refractivity contribution in [2.45, 2.75) is 57.6 Å². The van der Waals surface area contributed by atoms with Crippen molar-refractivity contribution < 1.29 is 4.74 Å².